The van der Waals surface area contributed by atoms with Gasteiger partial charge in [0.05, 0.1) is 5.54 Å². The topological polar surface area (TPSA) is 38.4 Å². The lowest BCUT2D eigenvalue weighted by Crippen LogP contribution is -2.22. The molecule has 2 nitrogen and oxygen atoms in total. The molecule has 1 aromatic rings. The molecule has 0 unspecified atom stereocenters. The van der Waals surface area contributed by atoms with Crippen molar-refractivity contribution in [1.29, 1.82) is 0 Å². The average Bonchev–Trinajstić information content (AvgIpc) is 2.06. The van der Waals surface area contributed by atoms with E-state index in [2.05, 4.69) is 4.99 Å². The van der Waals surface area contributed by atoms with Gasteiger partial charge in [-0.05, 0) is 45.4 Å². The first kappa shape index (κ1) is 11.7. The van der Waals surface area contributed by atoms with Gasteiger partial charge in [0.1, 0.15) is 11.7 Å². The first-order valence-electron chi connectivity index (χ1n) is 4.91. The Hall–Kier alpha value is -1.38. The van der Waals surface area contributed by atoms with Crippen LogP contribution in [0.2, 0.25) is 0 Å². The first-order valence-corrected chi connectivity index (χ1v) is 4.91. The van der Waals surface area contributed by atoms with Gasteiger partial charge in [0.15, 0.2) is 0 Å². The van der Waals surface area contributed by atoms with Crippen LogP contribution in [0, 0.1) is 12.7 Å². The third-order valence-corrected chi connectivity index (χ3v) is 1.93. The third-order valence-electron chi connectivity index (χ3n) is 1.93. The number of hydrogen-bond acceptors (Lipinski definition) is 1. The Morgan fingerprint density at radius 1 is 1.33 bits per heavy atom. The van der Waals surface area contributed by atoms with Gasteiger partial charge < -0.3 is 5.73 Å². The molecule has 0 atom stereocenters. The Morgan fingerprint density at radius 2 is 1.93 bits per heavy atom. The van der Waals surface area contributed by atoms with E-state index in [-0.39, 0.29) is 11.4 Å². The van der Waals surface area contributed by atoms with E-state index in [0.29, 0.717) is 11.4 Å². The molecule has 0 aliphatic rings. The molecule has 0 aliphatic heterocycles. The van der Waals surface area contributed by atoms with E-state index in [9.17, 15) is 4.39 Å². The lowest BCUT2D eigenvalue weighted by atomic mass is 10.1. The van der Waals surface area contributed by atoms with Gasteiger partial charge in [0.2, 0.25) is 0 Å². The van der Waals surface area contributed by atoms with Gasteiger partial charge in [0, 0.05) is 5.56 Å². The zero-order valence-corrected chi connectivity index (χ0v) is 9.63. The number of aryl methyl sites for hydroxylation is 1. The quantitative estimate of drug-likeness (QED) is 0.559. The molecule has 82 valence electrons. The second kappa shape index (κ2) is 4.01. The van der Waals surface area contributed by atoms with E-state index in [4.69, 9.17) is 5.73 Å². The minimum atomic E-state index is -0.289. The van der Waals surface area contributed by atoms with Crippen LogP contribution < -0.4 is 5.73 Å². The van der Waals surface area contributed by atoms with Gasteiger partial charge in [-0.3, -0.25) is 4.99 Å². The lowest BCUT2D eigenvalue weighted by Gasteiger charge is -2.14. The van der Waals surface area contributed by atoms with Crippen LogP contribution in [-0.2, 0) is 0 Å². The van der Waals surface area contributed by atoms with Crippen molar-refractivity contribution >= 4 is 5.84 Å². The summed E-state index contributed by atoms with van der Waals surface area (Å²) in [4.78, 5) is 4.31. The van der Waals surface area contributed by atoms with Crippen molar-refractivity contribution in [3.8, 4) is 0 Å². The van der Waals surface area contributed by atoms with Gasteiger partial charge in [-0.15, -0.1) is 0 Å². The van der Waals surface area contributed by atoms with Crippen molar-refractivity contribution in [2.45, 2.75) is 33.2 Å². The summed E-state index contributed by atoms with van der Waals surface area (Å²) in [5.74, 6) is 0.0992. The standard InChI is InChI=1S/C12H17FN2/c1-8-5-6-9(13)7-10(8)11(14)15-12(2,3)4/h5-7H,1-4H3,(H2,14,15). The highest BCUT2D eigenvalue weighted by Gasteiger charge is 2.11. The minimum Gasteiger partial charge on any atom is -0.383 e. The SMILES string of the molecule is Cc1ccc(F)cc1C(N)=NC(C)(C)C. The summed E-state index contributed by atoms with van der Waals surface area (Å²) < 4.78 is 13.0. The van der Waals surface area contributed by atoms with Gasteiger partial charge in [-0.2, -0.15) is 0 Å². The van der Waals surface area contributed by atoms with Crippen molar-refractivity contribution in [2.24, 2.45) is 10.7 Å². The highest BCUT2D eigenvalue weighted by atomic mass is 19.1. The van der Waals surface area contributed by atoms with Crippen molar-refractivity contribution in [1.82, 2.24) is 0 Å². The maximum absolute atomic E-state index is 13.0. The summed E-state index contributed by atoms with van der Waals surface area (Å²) in [6, 6.07) is 4.54. The Labute approximate surface area is 90.0 Å². The largest absolute Gasteiger partial charge is 0.383 e. The van der Waals surface area contributed by atoms with E-state index < -0.39 is 0 Å². The summed E-state index contributed by atoms with van der Waals surface area (Å²) in [6.07, 6.45) is 0. The highest BCUT2D eigenvalue weighted by Crippen LogP contribution is 2.13. The van der Waals surface area contributed by atoms with Crippen LogP contribution in [0.15, 0.2) is 23.2 Å². The normalized spacial score (nSPS) is 13.0. The number of nitrogens with zero attached hydrogens (tertiary/aromatic N) is 1. The second-order valence-corrected chi connectivity index (χ2v) is 4.63. The van der Waals surface area contributed by atoms with Crippen LogP contribution in [-0.4, -0.2) is 11.4 Å². The molecular formula is C12H17FN2. The monoisotopic (exact) mass is 208 g/mol. The molecular weight excluding hydrogens is 191 g/mol. The Morgan fingerprint density at radius 3 is 2.47 bits per heavy atom. The number of hydrogen-bond donors (Lipinski definition) is 1. The molecule has 2 N–H and O–H groups in total. The van der Waals surface area contributed by atoms with Crippen LogP contribution in [0.1, 0.15) is 31.9 Å². The van der Waals surface area contributed by atoms with Gasteiger partial charge in [-0.25, -0.2) is 4.39 Å². The molecule has 0 amide bonds. The van der Waals surface area contributed by atoms with E-state index in [0.717, 1.165) is 5.56 Å². The molecule has 0 aliphatic carbocycles. The maximum Gasteiger partial charge on any atom is 0.126 e. The number of halogens is 1. The number of amidine groups is 1. The number of rotatable bonds is 1. The molecule has 3 heteroatoms. The summed E-state index contributed by atoms with van der Waals surface area (Å²) in [6.45, 7) is 7.75. The fourth-order valence-corrected chi connectivity index (χ4v) is 1.29. The predicted octanol–water partition coefficient (Wildman–Crippen LogP) is 2.64. The van der Waals surface area contributed by atoms with Crippen LogP contribution >= 0.6 is 0 Å². The Balaban J connectivity index is 3.16. The lowest BCUT2D eigenvalue weighted by molar-refractivity contribution is 0.583. The molecule has 1 aromatic carbocycles. The van der Waals surface area contributed by atoms with Gasteiger partial charge in [0.25, 0.3) is 0 Å². The highest BCUT2D eigenvalue weighted by molar-refractivity contribution is 5.99. The van der Waals surface area contributed by atoms with Gasteiger partial charge in [-0.1, -0.05) is 6.07 Å². The molecule has 0 fully saturated rings. The zero-order valence-electron chi connectivity index (χ0n) is 9.63. The molecule has 1 rings (SSSR count). The summed E-state index contributed by atoms with van der Waals surface area (Å²) in [7, 11) is 0. The summed E-state index contributed by atoms with van der Waals surface area (Å²) in [5, 5.41) is 0. The van der Waals surface area contributed by atoms with Gasteiger partial charge >= 0.3 is 0 Å². The number of aliphatic imine (C=N–C) groups is 1. The summed E-state index contributed by atoms with van der Waals surface area (Å²) >= 11 is 0. The molecule has 15 heavy (non-hydrogen) atoms. The molecule has 0 spiro atoms. The van der Waals surface area contributed by atoms with Crippen molar-refractivity contribution < 1.29 is 4.39 Å². The molecule has 0 aromatic heterocycles. The van der Waals surface area contributed by atoms with Crippen molar-refractivity contribution in [3.63, 3.8) is 0 Å². The van der Waals surface area contributed by atoms with Crippen LogP contribution in [0.4, 0.5) is 4.39 Å². The molecule has 0 saturated heterocycles. The Bertz CT molecular complexity index is 389. The van der Waals surface area contributed by atoms with Crippen LogP contribution in [0.25, 0.3) is 0 Å². The maximum atomic E-state index is 13.0. The third kappa shape index (κ3) is 3.35. The van der Waals surface area contributed by atoms with E-state index in [1.54, 1.807) is 6.07 Å². The molecule has 0 radical (unpaired) electrons. The fraction of sp³-hybridized carbons (Fsp3) is 0.417. The smallest absolute Gasteiger partial charge is 0.126 e. The number of benzene rings is 1. The van der Waals surface area contributed by atoms with Crippen LogP contribution in [0.3, 0.4) is 0 Å². The molecule has 0 heterocycles. The van der Waals surface area contributed by atoms with E-state index in [1.165, 1.54) is 12.1 Å². The molecule has 0 bridgehead atoms. The van der Waals surface area contributed by atoms with Crippen molar-refractivity contribution in [2.75, 3.05) is 0 Å². The zero-order chi connectivity index (χ0) is 11.6. The number of nitrogens with two attached hydrogens (primary N) is 1. The van der Waals surface area contributed by atoms with Crippen molar-refractivity contribution in [3.05, 3.63) is 35.1 Å². The minimum absolute atomic E-state index is 0.247. The molecule has 0 saturated carbocycles. The fourth-order valence-electron chi connectivity index (χ4n) is 1.29. The second-order valence-electron chi connectivity index (χ2n) is 4.63. The Kier molecular flexibility index (Phi) is 3.12. The summed E-state index contributed by atoms with van der Waals surface area (Å²) in [5.41, 5.74) is 7.19. The first-order chi connectivity index (χ1) is 6.79. The predicted molar refractivity (Wildman–Crippen MR) is 61.6 cm³/mol. The van der Waals surface area contributed by atoms with Crippen LogP contribution in [0.5, 0.6) is 0 Å². The van der Waals surface area contributed by atoms with E-state index >= 15 is 0 Å². The average molecular weight is 208 g/mol. The van der Waals surface area contributed by atoms with E-state index in [1.807, 2.05) is 27.7 Å².